The van der Waals surface area contributed by atoms with Gasteiger partial charge < -0.3 is 0 Å². The zero-order chi connectivity index (χ0) is 14.4. The largest absolute Gasteiger partial charge is 0.331 e. The lowest BCUT2D eigenvalue weighted by Gasteiger charge is -2.30. The third kappa shape index (κ3) is 1.72. The van der Waals surface area contributed by atoms with Gasteiger partial charge in [-0.05, 0) is 20.8 Å². The second-order valence-electron chi connectivity index (χ2n) is 5.40. The molecule has 0 spiro atoms. The van der Waals surface area contributed by atoms with Gasteiger partial charge in [-0.15, -0.1) is 0 Å². The molecule has 1 heterocycles. The number of aromatic nitrogens is 2. The molecule has 1 aliphatic rings. The maximum Gasteiger partial charge on any atom is 0.331 e. The van der Waals surface area contributed by atoms with Gasteiger partial charge in [0.05, 0.1) is 0 Å². The van der Waals surface area contributed by atoms with Gasteiger partial charge in [-0.1, -0.05) is 0 Å². The summed E-state index contributed by atoms with van der Waals surface area (Å²) in [7, 11) is 0. The second kappa shape index (κ2) is 4.04. The number of rotatable bonds is 4. The molecular formula is C12H17N3O4. The van der Waals surface area contributed by atoms with Crippen LogP contribution in [-0.2, 0) is 12.1 Å². The van der Waals surface area contributed by atoms with E-state index in [2.05, 4.69) is 0 Å². The van der Waals surface area contributed by atoms with Crippen molar-refractivity contribution in [3.05, 3.63) is 43.2 Å². The first-order chi connectivity index (χ1) is 8.78. The van der Waals surface area contributed by atoms with Crippen LogP contribution in [-0.4, -0.2) is 19.6 Å². The fraction of sp³-hybridized carbons (Fsp3) is 0.667. The van der Waals surface area contributed by atoms with Crippen LogP contribution in [0.2, 0.25) is 0 Å². The third-order valence-electron chi connectivity index (χ3n) is 4.20. The topological polar surface area (TPSA) is 87.1 Å². The summed E-state index contributed by atoms with van der Waals surface area (Å²) in [6.07, 6.45) is 2.26. The molecule has 0 atom stereocenters. The first-order valence-corrected chi connectivity index (χ1v) is 6.25. The van der Waals surface area contributed by atoms with Crippen molar-refractivity contribution < 1.29 is 4.92 Å². The quantitative estimate of drug-likeness (QED) is 0.589. The zero-order valence-corrected chi connectivity index (χ0v) is 11.3. The Morgan fingerprint density at radius 3 is 2.42 bits per heavy atom. The molecule has 2 rings (SSSR count). The maximum absolute atomic E-state index is 12.3. The number of hydrogen-bond donors (Lipinski definition) is 0. The van der Waals surface area contributed by atoms with Crippen LogP contribution in [0.5, 0.6) is 0 Å². The first kappa shape index (κ1) is 13.5. The van der Waals surface area contributed by atoms with E-state index in [4.69, 9.17) is 0 Å². The van der Waals surface area contributed by atoms with E-state index in [1.807, 2.05) is 0 Å². The summed E-state index contributed by atoms with van der Waals surface area (Å²) in [5.74, 6) is 0. The van der Waals surface area contributed by atoms with E-state index in [0.29, 0.717) is 12.8 Å². The van der Waals surface area contributed by atoms with E-state index in [9.17, 15) is 19.7 Å². The Morgan fingerprint density at radius 2 is 2.00 bits per heavy atom. The lowest BCUT2D eigenvalue weighted by Crippen LogP contribution is -2.54. The molecule has 19 heavy (non-hydrogen) atoms. The lowest BCUT2D eigenvalue weighted by molar-refractivity contribution is -0.555. The summed E-state index contributed by atoms with van der Waals surface area (Å²) in [4.78, 5) is 34.8. The minimum absolute atomic E-state index is 0.250. The van der Waals surface area contributed by atoms with Crippen LogP contribution < -0.4 is 11.2 Å². The summed E-state index contributed by atoms with van der Waals surface area (Å²) in [5, 5.41) is 11.3. The molecule has 0 saturated heterocycles. The molecule has 1 aromatic rings. The molecule has 0 bridgehead atoms. The van der Waals surface area contributed by atoms with Crippen molar-refractivity contribution in [2.45, 2.75) is 51.2 Å². The summed E-state index contributed by atoms with van der Waals surface area (Å²) in [6.45, 7) is 5.30. The average Bonchev–Trinajstić information content (AvgIpc) is 3.10. The Balaban J connectivity index is 2.63. The Bertz CT molecular complexity index is 637. The van der Waals surface area contributed by atoms with Gasteiger partial charge >= 0.3 is 5.69 Å². The fourth-order valence-corrected chi connectivity index (χ4v) is 2.59. The Kier molecular flexibility index (Phi) is 2.87. The van der Waals surface area contributed by atoms with Crippen molar-refractivity contribution in [3.8, 4) is 0 Å². The van der Waals surface area contributed by atoms with Crippen LogP contribution in [0.3, 0.4) is 0 Å². The standard InChI is InChI=1S/C12H17N3O4/c1-4-13-9(16)5-8-14(10(13)17)11(2,3)12(6-7-12)15(18)19/h5,8H,4,6-7H2,1-3H3. The van der Waals surface area contributed by atoms with Crippen molar-refractivity contribution in [1.82, 2.24) is 9.13 Å². The van der Waals surface area contributed by atoms with Crippen LogP contribution >= 0.6 is 0 Å². The van der Waals surface area contributed by atoms with Gasteiger partial charge in [0.2, 0.25) is 5.54 Å². The van der Waals surface area contributed by atoms with Crippen molar-refractivity contribution in [2.75, 3.05) is 0 Å². The molecule has 1 aromatic heterocycles. The zero-order valence-electron chi connectivity index (χ0n) is 11.3. The van der Waals surface area contributed by atoms with Crippen molar-refractivity contribution in [1.29, 1.82) is 0 Å². The summed E-state index contributed by atoms with van der Waals surface area (Å²) >= 11 is 0. The normalized spacial score (nSPS) is 17.2. The van der Waals surface area contributed by atoms with Crippen molar-refractivity contribution in [2.24, 2.45) is 0 Å². The van der Waals surface area contributed by atoms with Gasteiger partial charge in [-0.3, -0.25) is 24.0 Å². The predicted octanol–water partition coefficient (Wildman–Crippen LogP) is 0.574. The molecule has 7 nitrogen and oxygen atoms in total. The number of nitrogens with zero attached hydrogens (tertiary/aromatic N) is 3. The highest BCUT2D eigenvalue weighted by atomic mass is 16.6. The molecular weight excluding hydrogens is 250 g/mol. The SMILES string of the molecule is CCn1c(=O)ccn(C(C)(C)C2([N+](=O)[O-])CC2)c1=O. The third-order valence-corrected chi connectivity index (χ3v) is 4.20. The van der Waals surface area contributed by atoms with Crippen LogP contribution in [0.15, 0.2) is 21.9 Å². The van der Waals surface area contributed by atoms with Gasteiger partial charge in [0.1, 0.15) is 5.54 Å². The molecule has 0 radical (unpaired) electrons. The number of nitro groups is 1. The Labute approximate surface area is 109 Å². The Morgan fingerprint density at radius 1 is 1.42 bits per heavy atom. The van der Waals surface area contributed by atoms with E-state index in [1.54, 1.807) is 20.8 Å². The molecule has 7 heteroatoms. The van der Waals surface area contributed by atoms with E-state index in [-0.39, 0.29) is 17.0 Å². The van der Waals surface area contributed by atoms with E-state index >= 15 is 0 Å². The molecule has 0 amide bonds. The molecule has 1 aliphatic carbocycles. The van der Waals surface area contributed by atoms with E-state index in [0.717, 1.165) is 4.57 Å². The second-order valence-corrected chi connectivity index (χ2v) is 5.40. The highest BCUT2D eigenvalue weighted by molar-refractivity contribution is 5.10. The molecule has 104 valence electrons. The average molecular weight is 267 g/mol. The van der Waals surface area contributed by atoms with Gasteiger partial charge in [0.15, 0.2) is 0 Å². The fourth-order valence-electron chi connectivity index (χ4n) is 2.59. The van der Waals surface area contributed by atoms with E-state index < -0.39 is 16.8 Å². The summed E-state index contributed by atoms with van der Waals surface area (Å²) in [6, 6.07) is 1.28. The highest BCUT2D eigenvalue weighted by Crippen LogP contribution is 2.50. The molecule has 0 N–H and O–H groups in total. The lowest BCUT2D eigenvalue weighted by atomic mass is 9.92. The molecule has 1 saturated carbocycles. The van der Waals surface area contributed by atoms with Gasteiger partial charge in [-0.25, -0.2) is 4.79 Å². The predicted molar refractivity (Wildman–Crippen MR) is 68.9 cm³/mol. The van der Waals surface area contributed by atoms with Crippen molar-refractivity contribution in [3.63, 3.8) is 0 Å². The maximum atomic E-state index is 12.3. The highest BCUT2D eigenvalue weighted by Gasteiger charge is 2.67. The minimum Gasteiger partial charge on any atom is -0.288 e. The molecule has 0 unspecified atom stereocenters. The van der Waals surface area contributed by atoms with Crippen LogP contribution in [0.1, 0.15) is 33.6 Å². The van der Waals surface area contributed by atoms with E-state index in [1.165, 1.54) is 16.8 Å². The monoisotopic (exact) mass is 267 g/mol. The van der Waals surface area contributed by atoms with Gasteiger partial charge in [0, 0.05) is 36.6 Å². The molecule has 0 aromatic carbocycles. The van der Waals surface area contributed by atoms with Gasteiger partial charge in [-0.2, -0.15) is 0 Å². The summed E-state index contributed by atoms with van der Waals surface area (Å²) in [5.41, 5.74) is -2.94. The van der Waals surface area contributed by atoms with Crippen LogP contribution in [0, 0.1) is 10.1 Å². The van der Waals surface area contributed by atoms with Crippen LogP contribution in [0.4, 0.5) is 0 Å². The first-order valence-electron chi connectivity index (χ1n) is 6.25. The minimum atomic E-state index is -1.10. The summed E-state index contributed by atoms with van der Waals surface area (Å²) < 4.78 is 2.39. The number of hydrogen-bond acceptors (Lipinski definition) is 4. The van der Waals surface area contributed by atoms with Crippen LogP contribution in [0.25, 0.3) is 0 Å². The van der Waals surface area contributed by atoms with Crippen molar-refractivity contribution >= 4 is 0 Å². The van der Waals surface area contributed by atoms with Gasteiger partial charge in [0.25, 0.3) is 5.56 Å². The smallest absolute Gasteiger partial charge is 0.288 e. The Hall–Kier alpha value is -1.92. The molecule has 1 fully saturated rings. The molecule has 0 aliphatic heterocycles.